The second-order valence-electron chi connectivity index (χ2n) is 6.34. The zero-order chi connectivity index (χ0) is 19.4. The number of piperidine rings is 1. The van der Waals surface area contributed by atoms with Crippen molar-refractivity contribution in [3.63, 3.8) is 0 Å². The number of hydrogen-bond acceptors (Lipinski definition) is 6. The molecule has 7 nitrogen and oxygen atoms in total. The number of sulfonamides is 1. The summed E-state index contributed by atoms with van der Waals surface area (Å²) in [6.45, 7) is 2.90. The first-order valence-electron chi connectivity index (χ1n) is 8.81. The van der Waals surface area contributed by atoms with Gasteiger partial charge < -0.3 is 9.64 Å². The fraction of sp³-hybridized carbons (Fsp3) is 0.444. The molecule has 0 radical (unpaired) electrons. The molecule has 1 aliphatic rings. The number of rotatable bonds is 6. The van der Waals surface area contributed by atoms with Crippen LogP contribution in [0.4, 0.5) is 5.69 Å². The van der Waals surface area contributed by atoms with E-state index in [-0.39, 0.29) is 17.8 Å². The summed E-state index contributed by atoms with van der Waals surface area (Å²) in [6, 6.07) is 5.21. The van der Waals surface area contributed by atoms with Crippen molar-refractivity contribution in [3.05, 3.63) is 40.7 Å². The molecule has 0 saturated carbocycles. The number of ether oxygens (including phenoxy) is 1. The minimum absolute atomic E-state index is 0.00743. The summed E-state index contributed by atoms with van der Waals surface area (Å²) in [5, 5.41) is 3.77. The Hall–Kier alpha value is -2.13. The lowest BCUT2D eigenvalue weighted by atomic mass is 10.1. The van der Waals surface area contributed by atoms with Crippen molar-refractivity contribution in [2.75, 3.05) is 30.2 Å². The van der Waals surface area contributed by atoms with E-state index >= 15 is 0 Å². The molecule has 1 aliphatic heterocycles. The van der Waals surface area contributed by atoms with Gasteiger partial charge in [-0.3, -0.25) is 9.10 Å². The average molecular weight is 410 g/mol. The van der Waals surface area contributed by atoms with Gasteiger partial charge in [0.15, 0.2) is 0 Å². The Kier molecular flexibility index (Phi) is 6.01. The van der Waals surface area contributed by atoms with Crippen LogP contribution in [0.25, 0.3) is 0 Å². The minimum atomic E-state index is -3.31. The van der Waals surface area contributed by atoms with Gasteiger partial charge in [-0.2, -0.15) is 11.3 Å². The van der Waals surface area contributed by atoms with E-state index in [1.54, 1.807) is 19.1 Å². The van der Waals surface area contributed by atoms with Gasteiger partial charge in [0.05, 0.1) is 23.2 Å². The second kappa shape index (κ2) is 8.26. The Morgan fingerprint density at radius 1 is 1.33 bits per heavy atom. The number of carbonyl (C=O) groups excluding carboxylic acids is 1. The number of nitrogens with zero attached hydrogens (tertiary/aromatic N) is 3. The molecular formula is C18H23N3O4S2. The van der Waals surface area contributed by atoms with Gasteiger partial charge in [-0.05, 0) is 24.4 Å². The molecule has 1 amide bonds. The lowest BCUT2D eigenvalue weighted by Gasteiger charge is -2.31. The van der Waals surface area contributed by atoms with Crippen molar-refractivity contribution >= 4 is 33.0 Å². The summed E-state index contributed by atoms with van der Waals surface area (Å²) in [4.78, 5) is 18.4. The maximum Gasteiger partial charge on any atom is 0.254 e. The zero-order valence-electron chi connectivity index (χ0n) is 15.4. The summed E-state index contributed by atoms with van der Waals surface area (Å²) in [7, 11) is -1.80. The van der Waals surface area contributed by atoms with E-state index in [0.717, 1.165) is 18.4 Å². The number of aromatic nitrogens is 1. The smallest absolute Gasteiger partial charge is 0.254 e. The van der Waals surface area contributed by atoms with Crippen molar-refractivity contribution < 1.29 is 17.9 Å². The number of hydrogen-bond donors (Lipinski definition) is 0. The molecular weight excluding hydrogens is 386 g/mol. The highest BCUT2D eigenvalue weighted by atomic mass is 32.2. The van der Waals surface area contributed by atoms with Gasteiger partial charge in [0.2, 0.25) is 15.9 Å². The molecule has 146 valence electrons. The predicted octanol–water partition coefficient (Wildman–Crippen LogP) is 2.61. The second-order valence-corrected chi connectivity index (χ2v) is 9.41. The first-order valence-corrected chi connectivity index (χ1v) is 11.4. The molecule has 3 heterocycles. The molecule has 0 spiro atoms. The highest BCUT2D eigenvalue weighted by Crippen LogP contribution is 2.22. The standard InChI is InChI=1S/C18H23N3O4S2/c1-3-27(23,24)20(2)15-4-5-17(19-12-15)25-16-6-9-21(10-7-16)18(22)14-8-11-26-13-14/h4-5,8,11-13,16H,3,6-7,9-10H2,1-2H3. The number of pyridine rings is 1. The van der Waals surface area contributed by atoms with Crippen LogP contribution in [0.1, 0.15) is 30.1 Å². The van der Waals surface area contributed by atoms with E-state index in [0.29, 0.717) is 24.7 Å². The summed E-state index contributed by atoms with van der Waals surface area (Å²) in [5.41, 5.74) is 1.24. The lowest BCUT2D eigenvalue weighted by molar-refractivity contribution is 0.0588. The van der Waals surface area contributed by atoms with Gasteiger partial charge in [0.25, 0.3) is 5.91 Å². The molecule has 9 heteroatoms. The van der Waals surface area contributed by atoms with Crippen LogP contribution in [0.3, 0.4) is 0 Å². The van der Waals surface area contributed by atoms with Crippen molar-refractivity contribution in [1.29, 1.82) is 0 Å². The van der Waals surface area contributed by atoms with Gasteiger partial charge in [0, 0.05) is 44.4 Å². The third-order valence-electron chi connectivity index (χ3n) is 4.65. The van der Waals surface area contributed by atoms with Crippen molar-refractivity contribution in [2.45, 2.75) is 25.9 Å². The molecule has 1 fully saturated rings. The number of thiophene rings is 1. The molecule has 0 aliphatic carbocycles. The topological polar surface area (TPSA) is 79.8 Å². The Labute approximate surface area is 163 Å². The van der Waals surface area contributed by atoms with Crippen LogP contribution in [0.2, 0.25) is 0 Å². The first kappa shape index (κ1) is 19.6. The average Bonchev–Trinajstić information content (AvgIpc) is 3.23. The number of anilines is 1. The minimum Gasteiger partial charge on any atom is -0.474 e. The van der Waals surface area contributed by atoms with E-state index in [2.05, 4.69) is 4.98 Å². The lowest BCUT2D eigenvalue weighted by Crippen LogP contribution is -2.41. The van der Waals surface area contributed by atoms with Crippen LogP contribution in [-0.4, -0.2) is 56.2 Å². The molecule has 0 atom stereocenters. The molecule has 2 aromatic rings. The molecule has 27 heavy (non-hydrogen) atoms. The van der Waals surface area contributed by atoms with Crippen LogP contribution in [0, 0.1) is 0 Å². The molecule has 1 saturated heterocycles. The van der Waals surface area contributed by atoms with E-state index in [4.69, 9.17) is 4.74 Å². The van der Waals surface area contributed by atoms with Crippen LogP contribution in [-0.2, 0) is 10.0 Å². The molecule has 0 aromatic carbocycles. The Morgan fingerprint density at radius 2 is 2.07 bits per heavy atom. The van der Waals surface area contributed by atoms with Gasteiger partial charge in [-0.15, -0.1) is 0 Å². The van der Waals surface area contributed by atoms with E-state index in [9.17, 15) is 13.2 Å². The van der Waals surface area contributed by atoms with Crippen molar-refractivity contribution in [2.24, 2.45) is 0 Å². The van der Waals surface area contributed by atoms with E-state index < -0.39 is 10.0 Å². The maximum atomic E-state index is 12.4. The third kappa shape index (κ3) is 4.59. The van der Waals surface area contributed by atoms with Crippen molar-refractivity contribution in [1.82, 2.24) is 9.88 Å². The van der Waals surface area contributed by atoms with E-state index in [1.165, 1.54) is 28.9 Å². The molecule has 0 bridgehead atoms. The Bertz CT molecular complexity index is 859. The summed E-state index contributed by atoms with van der Waals surface area (Å²) >= 11 is 1.52. The SMILES string of the molecule is CCS(=O)(=O)N(C)c1ccc(OC2CCN(C(=O)c3ccsc3)CC2)nc1. The monoisotopic (exact) mass is 409 g/mol. The fourth-order valence-electron chi connectivity index (χ4n) is 2.90. The van der Waals surface area contributed by atoms with Gasteiger partial charge in [-0.25, -0.2) is 13.4 Å². The summed E-state index contributed by atoms with van der Waals surface area (Å²) in [5.74, 6) is 0.561. The summed E-state index contributed by atoms with van der Waals surface area (Å²) in [6.07, 6.45) is 2.97. The van der Waals surface area contributed by atoms with Gasteiger partial charge in [-0.1, -0.05) is 0 Å². The predicted molar refractivity (Wildman–Crippen MR) is 106 cm³/mol. The highest BCUT2D eigenvalue weighted by Gasteiger charge is 2.25. The fourth-order valence-corrected chi connectivity index (χ4v) is 4.35. The normalized spacial score (nSPS) is 15.6. The first-order chi connectivity index (χ1) is 12.9. The van der Waals surface area contributed by atoms with Gasteiger partial charge >= 0.3 is 0 Å². The largest absolute Gasteiger partial charge is 0.474 e. The number of likely N-dealkylation sites (tertiary alicyclic amines) is 1. The molecule has 0 N–H and O–H groups in total. The van der Waals surface area contributed by atoms with Crippen molar-refractivity contribution in [3.8, 4) is 5.88 Å². The number of amides is 1. The molecule has 0 unspecified atom stereocenters. The summed E-state index contributed by atoms with van der Waals surface area (Å²) < 4.78 is 30.9. The highest BCUT2D eigenvalue weighted by molar-refractivity contribution is 7.92. The Morgan fingerprint density at radius 3 is 2.63 bits per heavy atom. The Balaban J connectivity index is 1.54. The van der Waals surface area contributed by atoms with Crippen LogP contribution < -0.4 is 9.04 Å². The maximum absolute atomic E-state index is 12.4. The van der Waals surface area contributed by atoms with Crippen LogP contribution in [0.5, 0.6) is 5.88 Å². The quantitative estimate of drug-likeness (QED) is 0.733. The third-order valence-corrected chi connectivity index (χ3v) is 7.11. The molecule has 2 aromatic heterocycles. The van der Waals surface area contributed by atoms with Gasteiger partial charge in [0.1, 0.15) is 6.10 Å². The van der Waals surface area contributed by atoms with Crippen LogP contribution in [0.15, 0.2) is 35.2 Å². The van der Waals surface area contributed by atoms with E-state index in [1.807, 2.05) is 21.7 Å². The zero-order valence-corrected chi connectivity index (χ0v) is 17.0. The molecule has 3 rings (SSSR count). The van der Waals surface area contributed by atoms with Crippen LogP contribution >= 0.6 is 11.3 Å². The number of carbonyl (C=O) groups is 1.